The van der Waals surface area contributed by atoms with Crippen molar-refractivity contribution in [1.29, 1.82) is 0 Å². The lowest BCUT2D eigenvalue weighted by atomic mass is 10.1. The third-order valence-electron chi connectivity index (χ3n) is 2.64. The number of aromatic hydroxyl groups is 1. The minimum atomic E-state index is -0.500. The molecule has 0 aliphatic heterocycles. The molecular weight excluding hydrogens is 230 g/mol. The Hall–Kier alpha value is -1.71. The number of benzene rings is 1. The molecule has 1 unspecified atom stereocenters. The van der Waals surface area contributed by atoms with Gasteiger partial charge in [0.15, 0.2) is 0 Å². The molecule has 0 spiro atoms. The molecule has 0 aromatic heterocycles. The van der Waals surface area contributed by atoms with Crippen molar-refractivity contribution in [3.8, 4) is 5.75 Å². The number of hydrogen-bond acceptors (Lipinski definition) is 3. The minimum absolute atomic E-state index is 0.111. The molecule has 0 heterocycles. The Balaban J connectivity index is 2.74. The van der Waals surface area contributed by atoms with Gasteiger partial charge in [-0.3, -0.25) is 0 Å². The van der Waals surface area contributed by atoms with Crippen molar-refractivity contribution in [3.63, 3.8) is 0 Å². The third kappa shape index (κ3) is 3.95. The molecule has 0 radical (unpaired) electrons. The molecule has 1 amide bonds. The molecule has 4 nitrogen and oxygen atoms in total. The highest BCUT2D eigenvalue weighted by atomic mass is 16.6. The Labute approximate surface area is 108 Å². The summed E-state index contributed by atoms with van der Waals surface area (Å²) in [6.07, 6.45) is -0.358. The van der Waals surface area contributed by atoms with E-state index in [1.54, 1.807) is 31.3 Å². The van der Waals surface area contributed by atoms with Crippen LogP contribution in [-0.4, -0.2) is 28.7 Å². The van der Waals surface area contributed by atoms with Gasteiger partial charge in [-0.05, 0) is 45.4 Å². The Bertz CT molecular complexity index is 406. The van der Waals surface area contributed by atoms with Crippen LogP contribution in [0.1, 0.15) is 39.3 Å². The first-order valence-electron chi connectivity index (χ1n) is 5.95. The summed E-state index contributed by atoms with van der Waals surface area (Å²) in [7, 11) is 1.70. The summed E-state index contributed by atoms with van der Waals surface area (Å²) in [4.78, 5) is 13.4. The van der Waals surface area contributed by atoms with Crippen LogP contribution in [0, 0.1) is 0 Å². The van der Waals surface area contributed by atoms with E-state index in [0.29, 0.717) is 0 Å². The van der Waals surface area contributed by atoms with Crippen LogP contribution in [-0.2, 0) is 4.74 Å². The van der Waals surface area contributed by atoms with E-state index in [-0.39, 0.29) is 17.9 Å². The minimum Gasteiger partial charge on any atom is -0.508 e. The van der Waals surface area contributed by atoms with Gasteiger partial charge < -0.3 is 14.7 Å². The molecule has 1 rings (SSSR count). The average molecular weight is 251 g/mol. The highest BCUT2D eigenvalue weighted by molar-refractivity contribution is 5.68. The van der Waals surface area contributed by atoms with Gasteiger partial charge in [0.05, 0.1) is 6.04 Å². The lowest BCUT2D eigenvalue weighted by molar-refractivity contribution is 0.0234. The number of phenols is 1. The summed E-state index contributed by atoms with van der Waals surface area (Å²) in [5.74, 6) is 0.214. The number of hydrogen-bond donors (Lipinski definition) is 1. The average Bonchev–Trinajstić information content (AvgIpc) is 2.26. The molecule has 100 valence electrons. The third-order valence-corrected chi connectivity index (χ3v) is 2.64. The van der Waals surface area contributed by atoms with Crippen LogP contribution in [0.4, 0.5) is 4.79 Å². The zero-order chi connectivity index (χ0) is 13.9. The van der Waals surface area contributed by atoms with Crippen molar-refractivity contribution in [1.82, 2.24) is 4.90 Å². The van der Waals surface area contributed by atoms with Crippen LogP contribution in [0.25, 0.3) is 0 Å². The second-order valence-corrected chi connectivity index (χ2v) is 5.36. The van der Waals surface area contributed by atoms with Gasteiger partial charge in [-0.25, -0.2) is 4.79 Å². The quantitative estimate of drug-likeness (QED) is 0.877. The van der Waals surface area contributed by atoms with Crippen LogP contribution in [0.2, 0.25) is 0 Å². The molecule has 18 heavy (non-hydrogen) atoms. The first-order valence-corrected chi connectivity index (χ1v) is 5.95. The summed E-state index contributed by atoms with van der Waals surface area (Å²) in [6.45, 7) is 7.42. The predicted molar refractivity (Wildman–Crippen MR) is 70.5 cm³/mol. The van der Waals surface area contributed by atoms with Gasteiger partial charge in [0.2, 0.25) is 0 Å². The normalized spacial score (nSPS) is 12.9. The fourth-order valence-corrected chi connectivity index (χ4v) is 1.47. The predicted octanol–water partition coefficient (Wildman–Crippen LogP) is 3.32. The number of carbonyl (C=O) groups is 1. The maximum absolute atomic E-state index is 11.9. The van der Waals surface area contributed by atoms with Crippen molar-refractivity contribution < 1.29 is 14.6 Å². The van der Waals surface area contributed by atoms with E-state index in [0.717, 1.165) is 5.56 Å². The van der Waals surface area contributed by atoms with Gasteiger partial charge in [0.1, 0.15) is 11.4 Å². The van der Waals surface area contributed by atoms with Crippen LogP contribution in [0.3, 0.4) is 0 Å². The largest absolute Gasteiger partial charge is 0.508 e. The molecule has 0 saturated carbocycles. The van der Waals surface area contributed by atoms with Crippen LogP contribution < -0.4 is 0 Å². The van der Waals surface area contributed by atoms with Crippen molar-refractivity contribution in [2.45, 2.75) is 39.3 Å². The molecule has 4 heteroatoms. The van der Waals surface area contributed by atoms with E-state index in [1.807, 2.05) is 27.7 Å². The lowest BCUT2D eigenvalue weighted by Crippen LogP contribution is -2.35. The number of phenolic OH excluding ortho intramolecular Hbond substituents is 1. The van der Waals surface area contributed by atoms with Gasteiger partial charge in [-0.2, -0.15) is 0 Å². The molecule has 1 aromatic rings. The number of amides is 1. The fourth-order valence-electron chi connectivity index (χ4n) is 1.47. The maximum atomic E-state index is 11.9. The summed E-state index contributed by atoms with van der Waals surface area (Å²) in [5, 5.41) is 9.23. The summed E-state index contributed by atoms with van der Waals surface area (Å²) < 4.78 is 5.30. The van der Waals surface area contributed by atoms with Gasteiger partial charge in [0, 0.05) is 7.05 Å². The van der Waals surface area contributed by atoms with Crippen LogP contribution >= 0.6 is 0 Å². The van der Waals surface area contributed by atoms with Crippen molar-refractivity contribution in [2.75, 3.05) is 7.05 Å². The highest BCUT2D eigenvalue weighted by Gasteiger charge is 2.23. The fraction of sp³-hybridized carbons (Fsp3) is 0.500. The SMILES string of the molecule is CC(c1ccc(O)cc1)N(C)C(=O)OC(C)(C)C. The van der Waals surface area contributed by atoms with Crippen LogP contribution in [0.5, 0.6) is 5.75 Å². The van der Waals surface area contributed by atoms with E-state index in [9.17, 15) is 9.90 Å². The number of nitrogens with zero attached hydrogens (tertiary/aromatic N) is 1. The molecule has 0 aliphatic rings. The monoisotopic (exact) mass is 251 g/mol. The van der Waals surface area contributed by atoms with Crippen molar-refractivity contribution in [2.24, 2.45) is 0 Å². The van der Waals surface area contributed by atoms with Crippen molar-refractivity contribution >= 4 is 6.09 Å². The summed E-state index contributed by atoms with van der Waals surface area (Å²) >= 11 is 0. The molecule has 1 aromatic carbocycles. The van der Waals surface area contributed by atoms with E-state index >= 15 is 0 Å². The van der Waals surface area contributed by atoms with Gasteiger partial charge >= 0.3 is 6.09 Å². The number of carbonyl (C=O) groups excluding carboxylic acids is 1. The van der Waals surface area contributed by atoms with Crippen LogP contribution in [0.15, 0.2) is 24.3 Å². The van der Waals surface area contributed by atoms with Gasteiger partial charge in [0.25, 0.3) is 0 Å². The molecule has 1 N–H and O–H groups in total. The first kappa shape index (κ1) is 14.4. The molecular formula is C14H21NO3. The second kappa shape index (κ2) is 5.29. The Morgan fingerprint density at radius 3 is 2.22 bits per heavy atom. The molecule has 0 aliphatic carbocycles. The maximum Gasteiger partial charge on any atom is 0.410 e. The van der Waals surface area contributed by atoms with E-state index in [4.69, 9.17) is 4.74 Å². The summed E-state index contributed by atoms with van der Waals surface area (Å²) in [5.41, 5.74) is 0.446. The Morgan fingerprint density at radius 1 is 1.28 bits per heavy atom. The zero-order valence-corrected chi connectivity index (χ0v) is 11.6. The number of rotatable bonds is 2. The lowest BCUT2D eigenvalue weighted by Gasteiger charge is -2.29. The Kier molecular flexibility index (Phi) is 4.22. The first-order chi connectivity index (χ1) is 8.20. The van der Waals surface area contributed by atoms with E-state index < -0.39 is 5.60 Å². The molecule has 0 fully saturated rings. The van der Waals surface area contributed by atoms with Gasteiger partial charge in [-0.15, -0.1) is 0 Å². The Morgan fingerprint density at radius 2 is 1.78 bits per heavy atom. The summed E-state index contributed by atoms with van der Waals surface area (Å²) in [6, 6.07) is 6.69. The number of ether oxygens (including phenoxy) is 1. The van der Waals surface area contributed by atoms with E-state index in [2.05, 4.69) is 0 Å². The molecule has 0 bridgehead atoms. The van der Waals surface area contributed by atoms with E-state index in [1.165, 1.54) is 4.90 Å². The molecule has 0 saturated heterocycles. The van der Waals surface area contributed by atoms with Gasteiger partial charge in [-0.1, -0.05) is 12.1 Å². The topological polar surface area (TPSA) is 49.8 Å². The molecule has 1 atom stereocenters. The zero-order valence-electron chi connectivity index (χ0n) is 11.6. The smallest absolute Gasteiger partial charge is 0.410 e. The standard InChI is InChI=1S/C14H21NO3/c1-10(11-6-8-12(16)9-7-11)15(5)13(17)18-14(2,3)4/h6-10,16H,1-5H3. The second-order valence-electron chi connectivity index (χ2n) is 5.36. The highest BCUT2D eigenvalue weighted by Crippen LogP contribution is 2.22. The van der Waals surface area contributed by atoms with Crippen molar-refractivity contribution in [3.05, 3.63) is 29.8 Å².